The Kier molecular flexibility index (Phi) is 2.39. The highest BCUT2D eigenvalue weighted by atomic mass is 35.5. The highest BCUT2D eigenvalue weighted by Crippen LogP contribution is 2.10. The second-order valence-corrected chi connectivity index (χ2v) is 2.32. The maximum absolute atomic E-state index is 10.4. The molecule has 1 rings (SSSR count). The molecule has 0 aliphatic heterocycles. The number of nitrogens with zero attached hydrogens (tertiary/aromatic N) is 1. The smallest absolute Gasteiger partial charge is 0.169 e. The molecule has 56 valence electrons. The minimum Gasteiger partial charge on any atom is -0.296 e. The second kappa shape index (κ2) is 3.30. The minimum atomic E-state index is 0.317. The molecule has 1 aromatic rings. The molecule has 0 aromatic carbocycles. The van der Waals surface area contributed by atoms with Gasteiger partial charge in [0.2, 0.25) is 0 Å². The SMILES string of the molecule is C=Cc1ccc(Cl)nc1C=O. The van der Waals surface area contributed by atoms with Crippen LogP contribution in [0.15, 0.2) is 18.7 Å². The first kappa shape index (κ1) is 7.95. The normalized spacial score (nSPS) is 9.18. The number of aromatic nitrogens is 1. The van der Waals surface area contributed by atoms with Gasteiger partial charge in [-0.15, -0.1) is 0 Å². The van der Waals surface area contributed by atoms with E-state index in [1.54, 1.807) is 18.2 Å². The van der Waals surface area contributed by atoms with Gasteiger partial charge in [-0.25, -0.2) is 4.98 Å². The van der Waals surface area contributed by atoms with Crippen LogP contribution < -0.4 is 0 Å². The van der Waals surface area contributed by atoms with Crippen molar-refractivity contribution in [2.24, 2.45) is 0 Å². The zero-order valence-electron chi connectivity index (χ0n) is 5.75. The molecule has 1 heterocycles. The first-order valence-electron chi connectivity index (χ1n) is 3.02. The molecule has 0 N–H and O–H groups in total. The van der Waals surface area contributed by atoms with E-state index in [-0.39, 0.29) is 0 Å². The Balaban J connectivity index is 3.26. The molecular formula is C8H6ClNO. The van der Waals surface area contributed by atoms with Gasteiger partial charge in [-0.2, -0.15) is 0 Å². The van der Waals surface area contributed by atoms with Gasteiger partial charge < -0.3 is 0 Å². The first-order chi connectivity index (χ1) is 5.27. The summed E-state index contributed by atoms with van der Waals surface area (Å²) in [6.45, 7) is 3.53. The highest BCUT2D eigenvalue weighted by Gasteiger charge is 1.99. The van der Waals surface area contributed by atoms with Crippen molar-refractivity contribution in [3.63, 3.8) is 0 Å². The quantitative estimate of drug-likeness (QED) is 0.499. The average molecular weight is 168 g/mol. The van der Waals surface area contributed by atoms with Gasteiger partial charge in [0.1, 0.15) is 10.8 Å². The van der Waals surface area contributed by atoms with Gasteiger partial charge >= 0.3 is 0 Å². The fraction of sp³-hybridized carbons (Fsp3) is 0. The minimum absolute atomic E-state index is 0.317. The molecule has 0 saturated heterocycles. The summed E-state index contributed by atoms with van der Waals surface area (Å²) in [6, 6.07) is 3.32. The maximum Gasteiger partial charge on any atom is 0.169 e. The number of hydrogen-bond acceptors (Lipinski definition) is 2. The lowest BCUT2D eigenvalue weighted by Crippen LogP contribution is -1.90. The van der Waals surface area contributed by atoms with Crippen LogP contribution in [0.25, 0.3) is 6.08 Å². The molecule has 11 heavy (non-hydrogen) atoms. The average Bonchev–Trinajstić information content (AvgIpc) is 2.04. The van der Waals surface area contributed by atoms with Gasteiger partial charge in [-0.05, 0) is 12.1 Å². The van der Waals surface area contributed by atoms with Crippen LogP contribution in [-0.4, -0.2) is 11.3 Å². The van der Waals surface area contributed by atoms with Crippen molar-refractivity contribution in [1.29, 1.82) is 0 Å². The molecule has 0 saturated carbocycles. The van der Waals surface area contributed by atoms with Crippen molar-refractivity contribution in [2.75, 3.05) is 0 Å². The van der Waals surface area contributed by atoms with Gasteiger partial charge in [0.15, 0.2) is 6.29 Å². The summed E-state index contributed by atoms with van der Waals surface area (Å²) in [5, 5.41) is 0.317. The Bertz CT molecular complexity index is 296. The third-order valence-electron chi connectivity index (χ3n) is 1.25. The lowest BCUT2D eigenvalue weighted by molar-refractivity contribution is 0.111. The molecule has 0 unspecified atom stereocenters. The van der Waals surface area contributed by atoms with Gasteiger partial charge in [-0.1, -0.05) is 24.3 Å². The van der Waals surface area contributed by atoms with E-state index in [0.717, 1.165) is 0 Å². The summed E-state index contributed by atoms with van der Waals surface area (Å²) in [5.41, 5.74) is 1.02. The van der Waals surface area contributed by atoms with Crippen molar-refractivity contribution in [3.8, 4) is 0 Å². The summed E-state index contributed by atoms with van der Waals surface area (Å²) in [4.78, 5) is 14.2. The summed E-state index contributed by atoms with van der Waals surface area (Å²) >= 11 is 5.55. The lowest BCUT2D eigenvalue weighted by atomic mass is 10.2. The molecular weight excluding hydrogens is 162 g/mol. The molecule has 0 aliphatic rings. The third kappa shape index (κ3) is 1.65. The van der Waals surface area contributed by atoms with E-state index in [1.807, 2.05) is 0 Å². The Hall–Kier alpha value is -1.15. The van der Waals surface area contributed by atoms with Crippen molar-refractivity contribution < 1.29 is 4.79 Å². The van der Waals surface area contributed by atoms with E-state index in [0.29, 0.717) is 22.7 Å². The second-order valence-electron chi connectivity index (χ2n) is 1.93. The number of rotatable bonds is 2. The Morgan fingerprint density at radius 2 is 2.27 bits per heavy atom. The van der Waals surface area contributed by atoms with E-state index >= 15 is 0 Å². The van der Waals surface area contributed by atoms with E-state index in [2.05, 4.69) is 11.6 Å². The van der Waals surface area contributed by atoms with Gasteiger partial charge in [0.25, 0.3) is 0 Å². The number of hydrogen-bond donors (Lipinski definition) is 0. The van der Waals surface area contributed by atoms with Crippen LogP contribution in [0.5, 0.6) is 0 Å². The number of pyridine rings is 1. The molecule has 2 nitrogen and oxygen atoms in total. The predicted octanol–water partition coefficient (Wildman–Crippen LogP) is 2.19. The maximum atomic E-state index is 10.4. The molecule has 0 fully saturated rings. The van der Waals surface area contributed by atoms with Crippen LogP contribution >= 0.6 is 11.6 Å². The van der Waals surface area contributed by atoms with E-state index < -0.39 is 0 Å². The monoisotopic (exact) mass is 167 g/mol. The summed E-state index contributed by atoms with van der Waals surface area (Å²) < 4.78 is 0. The van der Waals surface area contributed by atoms with E-state index in [1.165, 1.54) is 0 Å². The molecule has 0 radical (unpaired) electrons. The molecule has 0 amide bonds. The molecule has 0 atom stereocenters. The Morgan fingerprint density at radius 3 is 2.82 bits per heavy atom. The largest absolute Gasteiger partial charge is 0.296 e. The van der Waals surface area contributed by atoms with Gasteiger partial charge in [0.05, 0.1) is 0 Å². The number of carbonyl (C=O) groups excluding carboxylic acids is 1. The van der Waals surface area contributed by atoms with Crippen molar-refractivity contribution in [2.45, 2.75) is 0 Å². The Labute approximate surface area is 69.5 Å². The summed E-state index contributed by atoms with van der Waals surface area (Å²) in [5.74, 6) is 0. The van der Waals surface area contributed by atoms with Gasteiger partial charge in [-0.3, -0.25) is 4.79 Å². The van der Waals surface area contributed by atoms with Crippen LogP contribution in [-0.2, 0) is 0 Å². The van der Waals surface area contributed by atoms with Crippen LogP contribution in [0.3, 0.4) is 0 Å². The zero-order chi connectivity index (χ0) is 8.27. The van der Waals surface area contributed by atoms with E-state index in [9.17, 15) is 4.79 Å². The van der Waals surface area contributed by atoms with Crippen LogP contribution in [0.2, 0.25) is 5.15 Å². The molecule has 0 aliphatic carbocycles. The zero-order valence-corrected chi connectivity index (χ0v) is 6.51. The third-order valence-corrected chi connectivity index (χ3v) is 1.47. The molecule has 1 aromatic heterocycles. The van der Waals surface area contributed by atoms with Crippen LogP contribution in [0, 0.1) is 0 Å². The summed E-state index contributed by atoms with van der Waals surface area (Å²) in [7, 11) is 0. The highest BCUT2D eigenvalue weighted by molar-refractivity contribution is 6.29. The first-order valence-corrected chi connectivity index (χ1v) is 3.40. The topological polar surface area (TPSA) is 30.0 Å². The fourth-order valence-electron chi connectivity index (χ4n) is 0.728. The van der Waals surface area contributed by atoms with Crippen molar-refractivity contribution in [1.82, 2.24) is 4.98 Å². The van der Waals surface area contributed by atoms with Gasteiger partial charge in [0, 0.05) is 5.56 Å². The standard InChI is InChI=1S/C8H6ClNO/c1-2-6-3-4-8(9)10-7(6)5-11/h2-5H,1H2. The number of halogens is 1. The number of carbonyl (C=O) groups is 1. The lowest BCUT2D eigenvalue weighted by Gasteiger charge is -1.96. The van der Waals surface area contributed by atoms with Crippen molar-refractivity contribution >= 4 is 24.0 Å². The molecule has 0 bridgehead atoms. The van der Waals surface area contributed by atoms with Crippen LogP contribution in [0.1, 0.15) is 16.1 Å². The fourth-order valence-corrected chi connectivity index (χ4v) is 0.882. The van der Waals surface area contributed by atoms with Crippen LogP contribution in [0.4, 0.5) is 0 Å². The number of aldehydes is 1. The van der Waals surface area contributed by atoms with E-state index in [4.69, 9.17) is 11.6 Å². The molecule has 3 heteroatoms. The molecule has 0 spiro atoms. The van der Waals surface area contributed by atoms with Crippen molar-refractivity contribution in [3.05, 3.63) is 35.1 Å². The Morgan fingerprint density at radius 1 is 1.55 bits per heavy atom. The summed E-state index contributed by atoms with van der Waals surface area (Å²) in [6.07, 6.45) is 2.22. The predicted molar refractivity (Wildman–Crippen MR) is 44.7 cm³/mol.